The fraction of sp³-hybridized carbons (Fsp3) is 0.231. The van der Waals surface area contributed by atoms with Crippen molar-refractivity contribution < 1.29 is 29.0 Å². The number of Topliss-reactive ketones (excluding diaryl/α,β-unsaturated/α-hetero) is 1. The number of rotatable bonds is 5. The van der Waals surface area contributed by atoms with Crippen LogP contribution < -0.4 is 9.64 Å². The first kappa shape index (κ1) is 24.2. The maximum Gasteiger partial charge on any atom is 0.350 e. The SMILES string of the molecule is COC(=O)c1sc(N2C(=O)C(=O)/C(=C(/O)c3ccc(OC)cc3C)C2c2ccc(C)cc2)nc1C. The van der Waals surface area contributed by atoms with Gasteiger partial charge in [0, 0.05) is 5.56 Å². The van der Waals surface area contributed by atoms with Gasteiger partial charge < -0.3 is 14.6 Å². The predicted octanol–water partition coefficient (Wildman–Crippen LogP) is 4.49. The Morgan fingerprint density at radius 3 is 2.34 bits per heavy atom. The molecule has 0 aliphatic carbocycles. The summed E-state index contributed by atoms with van der Waals surface area (Å²) in [5.41, 5.74) is 3.03. The van der Waals surface area contributed by atoms with Gasteiger partial charge >= 0.3 is 11.9 Å². The van der Waals surface area contributed by atoms with E-state index in [-0.39, 0.29) is 21.3 Å². The number of ether oxygens (including phenoxy) is 2. The monoisotopic (exact) mass is 492 g/mol. The molecule has 3 aromatic rings. The summed E-state index contributed by atoms with van der Waals surface area (Å²) in [6.45, 7) is 5.33. The molecule has 35 heavy (non-hydrogen) atoms. The van der Waals surface area contributed by atoms with Crippen LogP contribution in [0.4, 0.5) is 5.13 Å². The zero-order valence-electron chi connectivity index (χ0n) is 19.9. The molecule has 1 amide bonds. The number of carbonyl (C=O) groups excluding carboxylic acids is 3. The number of anilines is 1. The van der Waals surface area contributed by atoms with E-state index in [1.165, 1.54) is 19.1 Å². The molecule has 180 valence electrons. The summed E-state index contributed by atoms with van der Waals surface area (Å²) in [4.78, 5) is 44.7. The Hall–Kier alpha value is -3.98. The topological polar surface area (TPSA) is 106 Å². The van der Waals surface area contributed by atoms with Crippen LogP contribution in [0, 0.1) is 20.8 Å². The number of methoxy groups -OCH3 is 2. The van der Waals surface area contributed by atoms with Gasteiger partial charge in [-0.15, -0.1) is 0 Å². The Morgan fingerprint density at radius 1 is 1.06 bits per heavy atom. The molecule has 2 heterocycles. The fourth-order valence-electron chi connectivity index (χ4n) is 4.04. The number of hydrogen-bond acceptors (Lipinski definition) is 8. The molecule has 4 rings (SSSR count). The Morgan fingerprint density at radius 2 is 1.74 bits per heavy atom. The normalized spacial score (nSPS) is 17.1. The lowest BCUT2D eigenvalue weighted by molar-refractivity contribution is -0.132. The number of hydrogen-bond donors (Lipinski definition) is 1. The number of aryl methyl sites for hydroxylation is 3. The summed E-state index contributed by atoms with van der Waals surface area (Å²) in [5, 5.41) is 11.5. The van der Waals surface area contributed by atoms with Gasteiger partial charge in [0.2, 0.25) is 0 Å². The summed E-state index contributed by atoms with van der Waals surface area (Å²) in [5.74, 6) is -1.95. The Kier molecular flexibility index (Phi) is 6.45. The van der Waals surface area contributed by atoms with Crippen molar-refractivity contribution in [3.05, 3.63) is 80.9 Å². The average Bonchev–Trinajstić information content (AvgIpc) is 3.35. The summed E-state index contributed by atoms with van der Waals surface area (Å²) >= 11 is 0.961. The number of aliphatic hydroxyl groups is 1. The molecule has 0 saturated carbocycles. The molecule has 1 unspecified atom stereocenters. The van der Waals surface area contributed by atoms with E-state index in [1.807, 2.05) is 19.1 Å². The lowest BCUT2D eigenvalue weighted by atomic mass is 9.93. The lowest BCUT2D eigenvalue weighted by Gasteiger charge is -2.23. The quantitative estimate of drug-likeness (QED) is 0.242. The Bertz CT molecular complexity index is 1370. The van der Waals surface area contributed by atoms with Gasteiger partial charge in [-0.25, -0.2) is 9.78 Å². The number of aliphatic hydroxyl groups excluding tert-OH is 1. The molecule has 0 bridgehead atoms. The molecule has 2 aromatic carbocycles. The van der Waals surface area contributed by atoms with Crippen molar-refractivity contribution in [3.63, 3.8) is 0 Å². The van der Waals surface area contributed by atoms with Crippen LogP contribution in [0.1, 0.15) is 43.7 Å². The highest BCUT2D eigenvalue weighted by Gasteiger charge is 2.48. The van der Waals surface area contributed by atoms with E-state index in [2.05, 4.69) is 4.98 Å². The highest BCUT2D eigenvalue weighted by molar-refractivity contribution is 7.17. The van der Waals surface area contributed by atoms with Gasteiger partial charge in [0.25, 0.3) is 5.78 Å². The van der Waals surface area contributed by atoms with E-state index >= 15 is 0 Å². The molecule has 1 N–H and O–H groups in total. The number of amides is 1. The van der Waals surface area contributed by atoms with Crippen LogP contribution in [0.3, 0.4) is 0 Å². The summed E-state index contributed by atoms with van der Waals surface area (Å²) in [6.07, 6.45) is 0. The largest absolute Gasteiger partial charge is 0.507 e. The van der Waals surface area contributed by atoms with Crippen LogP contribution in [0.5, 0.6) is 5.75 Å². The van der Waals surface area contributed by atoms with E-state index in [1.54, 1.807) is 44.2 Å². The van der Waals surface area contributed by atoms with Gasteiger partial charge in [-0.2, -0.15) is 0 Å². The second kappa shape index (κ2) is 9.34. The number of thiazole rings is 1. The molecule has 1 aromatic heterocycles. The average molecular weight is 493 g/mol. The third-order valence-corrected chi connectivity index (χ3v) is 7.03. The van der Waals surface area contributed by atoms with Crippen molar-refractivity contribution in [2.24, 2.45) is 0 Å². The fourth-order valence-corrected chi connectivity index (χ4v) is 5.05. The first-order valence-electron chi connectivity index (χ1n) is 10.8. The van der Waals surface area contributed by atoms with Gasteiger partial charge in [0.05, 0.1) is 31.5 Å². The number of carbonyl (C=O) groups is 3. The van der Waals surface area contributed by atoms with E-state index in [4.69, 9.17) is 9.47 Å². The number of nitrogens with zero attached hydrogens (tertiary/aromatic N) is 2. The third-order valence-electron chi connectivity index (χ3n) is 5.89. The highest BCUT2D eigenvalue weighted by atomic mass is 32.1. The summed E-state index contributed by atoms with van der Waals surface area (Å²) in [6, 6.07) is 11.4. The minimum absolute atomic E-state index is 0.0559. The first-order chi connectivity index (χ1) is 16.7. The summed E-state index contributed by atoms with van der Waals surface area (Å²) < 4.78 is 10.1. The van der Waals surface area contributed by atoms with Crippen LogP contribution in [0.25, 0.3) is 5.76 Å². The summed E-state index contributed by atoms with van der Waals surface area (Å²) in [7, 11) is 2.80. The molecule has 1 atom stereocenters. The van der Waals surface area contributed by atoms with Crippen LogP contribution in [0.15, 0.2) is 48.0 Å². The van der Waals surface area contributed by atoms with Crippen LogP contribution in [-0.4, -0.2) is 42.0 Å². The van der Waals surface area contributed by atoms with Gasteiger partial charge in [0.1, 0.15) is 16.4 Å². The van der Waals surface area contributed by atoms with E-state index in [9.17, 15) is 19.5 Å². The van der Waals surface area contributed by atoms with Gasteiger partial charge in [-0.05, 0) is 50.1 Å². The van der Waals surface area contributed by atoms with E-state index < -0.39 is 23.7 Å². The number of ketones is 1. The second-order valence-corrected chi connectivity index (χ2v) is 9.14. The molecular weight excluding hydrogens is 468 g/mol. The van der Waals surface area contributed by atoms with Crippen molar-refractivity contribution in [2.75, 3.05) is 19.1 Å². The maximum atomic E-state index is 13.3. The van der Waals surface area contributed by atoms with Crippen molar-refractivity contribution in [1.29, 1.82) is 0 Å². The predicted molar refractivity (Wildman–Crippen MR) is 132 cm³/mol. The zero-order chi connectivity index (χ0) is 25.4. The number of esters is 1. The minimum atomic E-state index is -0.937. The first-order valence-corrected chi connectivity index (χ1v) is 11.6. The molecule has 0 radical (unpaired) electrons. The standard InChI is InChI=1S/C26H24N2O6S/c1-13-6-8-16(9-7-13)20-19(21(29)18-11-10-17(33-4)12-14(18)2)22(30)24(31)28(20)26-27-15(3)23(35-26)25(32)34-5/h6-12,20,29H,1-5H3/b21-19+. The molecule has 1 saturated heterocycles. The minimum Gasteiger partial charge on any atom is -0.507 e. The number of benzene rings is 2. The van der Waals surface area contributed by atoms with Crippen LogP contribution in [0.2, 0.25) is 0 Å². The number of aromatic nitrogens is 1. The van der Waals surface area contributed by atoms with Gasteiger partial charge in [-0.3, -0.25) is 14.5 Å². The van der Waals surface area contributed by atoms with E-state index in [0.717, 1.165) is 16.9 Å². The molecule has 8 nitrogen and oxygen atoms in total. The smallest absolute Gasteiger partial charge is 0.350 e. The molecule has 1 fully saturated rings. The van der Waals surface area contributed by atoms with Crippen molar-refractivity contribution in [1.82, 2.24) is 4.98 Å². The third kappa shape index (κ3) is 4.19. The maximum absolute atomic E-state index is 13.3. The zero-order valence-corrected chi connectivity index (χ0v) is 20.7. The Balaban J connectivity index is 1.94. The van der Waals surface area contributed by atoms with Crippen LogP contribution in [-0.2, 0) is 14.3 Å². The Labute approximate surface area is 206 Å². The van der Waals surface area contributed by atoms with Crippen molar-refractivity contribution >= 4 is 39.9 Å². The van der Waals surface area contributed by atoms with Crippen LogP contribution >= 0.6 is 11.3 Å². The van der Waals surface area contributed by atoms with Gasteiger partial charge in [-0.1, -0.05) is 41.2 Å². The van der Waals surface area contributed by atoms with E-state index in [0.29, 0.717) is 28.1 Å². The molecule has 1 aliphatic rings. The molecular formula is C26H24N2O6S. The van der Waals surface area contributed by atoms with Crippen molar-refractivity contribution in [3.8, 4) is 5.75 Å². The van der Waals surface area contributed by atoms with Crippen molar-refractivity contribution in [2.45, 2.75) is 26.8 Å². The molecule has 9 heteroatoms. The second-order valence-electron chi connectivity index (χ2n) is 8.16. The highest BCUT2D eigenvalue weighted by Crippen LogP contribution is 2.44. The molecule has 0 spiro atoms. The van der Waals surface area contributed by atoms with Gasteiger partial charge in [0.15, 0.2) is 5.13 Å². The molecule has 1 aliphatic heterocycles. The lowest BCUT2D eigenvalue weighted by Crippen LogP contribution is -2.29.